The first-order valence-corrected chi connectivity index (χ1v) is 10.6. The maximum Gasteiger partial charge on any atom is 0.416 e. The molecule has 1 aromatic heterocycles. The number of hydrogen-bond acceptors (Lipinski definition) is 3. The summed E-state index contributed by atoms with van der Waals surface area (Å²) in [5.74, 6) is -1.16. The first-order valence-electron chi connectivity index (χ1n) is 9.80. The number of rotatable bonds is 6. The zero-order chi connectivity index (χ0) is 25.2. The number of nitrogens with zero attached hydrogens (tertiary/aromatic N) is 2. The van der Waals surface area contributed by atoms with Gasteiger partial charge in [0, 0.05) is 11.3 Å². The van der Waals surface area contributed by atoms with Crippen LogP contribution in [0.25, 0.3) is 0 Å². The molecule has 0 unspecified atom stereocenters. The van der Waals surface area contributed by atoms with Crippen molar-refractivity contribution in [3.8, 4) is 0 Å². The number of hydrogen-bond donors (Lipinski definition) is 2. The van der Waals surface area contributed by atoms with Gasteiger partial charge in [-0.2, -0.15) is 13.2 Å². The maximum absolute atomic E-state index is 14.4. The van der Waals surface area contributed by atoms with Crippen molar-refractivity contribution in [2.45, 2.75) is 32.2 Å². The first-order chi connectivity index (χ1) is 15.9. The van der Waals surface area contributed by atoms with Gasteiger partial charge in [-0.15, -0.1) is 0 Å². The Morgan fingerprint density at radius 3 is 2.32 bits per heavy atom. The van der Waals surface area contributed by atoms with Crippen LogP contribution in [0.3, 0.4) is 0 Å². The van der Waals surface area contributed by atoms with Crippen molar-refractivity contribution in [1.29, 1.82) is 0 Å². The van der Waals surface area contributed by atoms with E-state index in [1.807, 2.05) is 0 Å². The average Bonchev–Trinajstić information content (AvgIpc) is 2.78. The van der Waals surface area contributed by atoms with Crippen molar-refractivity contribution in [2.75, 3.05) is 0 Å². The first kappa shape index (κ1) is 25.2. The molecule has 0 saturated carbocycles. The summed E-state index contributed by atoms with van der Waals surface area (Å²) < 4.78 is 56.2. The fraction of sp³-hybridized carbons (Fsp3) is 0.227. The van der Waals surface area contributed by atoms with E-state index in [4.69, 9.17) is 0 Å². The quantitative estimate of drug-likeness (QED) is 0.453. The number of aromatic nitrogens is 2. The Kier molecular flexibility index (Phi) is 7.29. The number of amides is 1. The molecule has 1 amide bonds. The molecule has 0 bridgehead atoms. The molecule has 0 fully saturated rings. The van der Waals surface area contributed by atoms with Crippen LogP contribution in [0.2, 0.25) is 0 Å². The molecule has 34 heavy (non-hydrogen) atoms. The molecule has 0 spiro atoms. The third kappa shape index (κ3) is 5.22. The summed E-state index contributed by atoms with van der Waals surface area (Å²) in [4.78, 5) is 37.4. The van der Waals surface area contributed by atoms with Crippen molar-refractivity contribution in [1.82, 2.24) is 14.5 Å². The largest absolute Gasteiger partial charge is 0.465 e. The molecule has 1 heterocycles. The van der Waals surface area contributed by atoms with Crippen LogP contribution in [0.1, 0.15) is 28.4 Å². The molecular formula is C22H18BrF4N3O4. The van der Waals surface area contributed by atoms with E-state index < -0.39 is 59.6 Å². The van der Waals surface area contributed by atoms with E-state index in [1.54, 1.807) is 30.3 Å². The lowest BCUT2D eigenvalue weighted by Crippen LogP contribution is -2.45. The zero-order valence-electron chi connectivity index (χ0n) is 17.6. The second-order valence-electron chi connectivity index (χ2n) is 7.36. The van der Waals surface area contributed by atoms with Gasteiger partial charge in [0.25, 0.3) is 5.56 Å². The molecular weight excluding hydrogens is 526 g/mol. The van der Waals surface area contributed by atoms with E-state index in [2.05, 4.69) is 21.2 Å². The summed E-state index contributed by atoms with van der Waals surface area (Å²) in [7, 11) is 0. The standard InChI is InChI=1S/C22H18BrF4N3O4/c1-12-18(23)19(31)30(11-17(28-20(32)33)13-6-3-2-4-7-13)21(34)29(12)10-14-15(22(25,26)27)8-5-9-16(14)24/h2-9,17,28H,10-11H2,1H3,(H,32,33)/t17-/m0/s1. The van der Waals surface area contributed by atoms with Gasteiger partial charge in [-0.1, -0.05) is 36.4 Å². The zero-order valence-corrected chi connectivity index (χ0v) is 19.2. The summed E-state index contributed by atoms with van der Waals surface area (Å²) in [6.45, 7) is 0.0825. The Balaban J connectivity index is 2.15. The lowest BCUT2D eigenvalue weighted by Gasteiger charge is -2.21. The second-order valence-corrected chi connectivity index (χ2v) is 8.15. The van der Waals surface area contributed by atoms with Crippen molar-refractivity contribution < 1.29 is 27.5 Å². The molecule has 0 aliphatic carbocycles. The van der Waals surface area contributed by atoms with E-state index in [1.165, 1.54) is 6.92 Å². The van der Waals surface area contributed by atoms with Crippen LogP contribution >= 0.6 is 15.9 Å². The van der Waals surface area contributed by atoms with Crippen LogP contribution in [0.15, 0.2) is 62.6 Å². The highest BCUT2D eigenvalue weighted by Gasteiger charge is 2.35. The average molecular weight is 544 g/mol. The van der Waals surface area contributed by atoms with Crippen molar-refractivity contribution in [3.63, 3.8) is 0 Å². The minimum atomic E-state index is -4.87. The van der Waals surface area contributed by atoms with Gasteiger partial charge in [-0.25, -0.2) is 14.0 Å². The number of alkyl halides is 3. The normalized spacial score (nSPS) is 12.4. The van der Waals surface area contributed by atoms with Crippen LogP contribution in [0, 0.1) is 12.7 Å². The van der Waals surface area contributed by atoms with Crippen molar-refractivity contribution >= 4 is 22.0 Å². The van der Waals surface area contributed by atoms with Gasteiger partial charge in [0.1, 0.15) is 10.3 Å². The van der Waals surface area contributed by atoms with Crippen LogP contribution < -0.4 is 16.6 Å². The summed E-state index contributed by atoms with van der Waals surface area (Å²) in [5, 5.41) is 11.4. The van der Waals surface area contributed by atoms with E-state index >= 15 is 0 Å². The summed E-state index contributed by atoms with van der Waals surface area (Å²) >= 11 is 3.06. The Bertz CT molecular complexity index is 1340. The van der Waals surface area contributed by atoms with E-state index in [0.29, 0.717) is 16.2 Å². The van der Waals surface area contributed by atoms with Gasteiger partial charge in [-0.3, -0.25) is 13.9 Å². The lowest BCUT2D eigenvalue weighted by atomic mass is 10.1. The summed E-state index contributed by atoms with van der Waals surface area (Å²) in [6, 6.07) is 9.57. The maximum atomic E-state index is 14.4. The summed E-state index contributed by atoms with van der Waals surface area (Å²) in [6.07, 6.45) is -6.28. The fourth-order valence-corrected chi connectivity index (χ4v) is 3.94. The van der Waals surface area contributed by atoms with Gasteiger partial charge in [-0.05, 0) is 40.5 Å². The monoisotopic (exact) mass is 543 g/mol. The Hall–Kier alpha value is -3.41. The molecule has 0 aliphatic rings. The van der Waals surface area contributed by atoms with Crippen LogP contribution in [0.4, 0.5) is 22.4 Å². The molecule has 0 aliphatic heterocycles. The number of halogens is 5. The molecule has 180 valence electrons. The highest BCUT2D eigenvalue weighted by atomic mass is 79.9. The third-order valence-corrected chi connectivity index (χ3v) is 6.14. The van der Waals surface area contributed by atoms with Crippen LogP contribution in [-0.2, 0) is 19.3 Å². The van der Waals surface area contributed by atoms with Gasteiger partial charge in [0.15, 0.2) is 0 Å². The topological polar surface area (TPSA) is 93.3 Å². The summed E-state index contributed by atoms with van der Waals surface area (Å²) in [5.41, 5.74) is -3.40. The molecule has 3 rings (SSSR count). The molecule has 1 atom stereocenters. The van der Waals surface area contributed by atoms with E-state index in [-0.39, 0.29) is 10.2 Å². The highest BCUT2D eigenvalue weighted by molar-refractivity contribution is 9.10. The predicted molar refractivity (Wildman–Crippen MR) is 118 cm³/mol. The Morgan fingerprint density at radius 1 is 1.09 bits per heavy atom. The molecule has 2 N–H and O–H groups in total. The molecule has 3 aromatic rings. The predicted octanol–water partition coefficient (Wildman–Crippen LogP) is 4.30. The van der Waals surface area contributed by atoms with E-state index in [9.17, 15) is 37.1 Å². The number of carboxylic acid groups (broad SMARTS) is 1. The smallest absolute Gasteiger partial charge is 0.416 e. The number of benzene rings is 2. The molecule has 0 saturated heterocycles. The van der Waals surface area contributed by atoms with Crippen LogP contribution in [-0.4, -0.2) is 20.3 Å². The van der Waals surface area contributed by atoms with Gasteiger partial charge in [0.2, 0.25) is 0 Å². The third-order valence-electron chi connectivity index (χ3n) is 5.22. The van der Waals surface area contributed by atoms with Gasteiger partial charge >= 0.3 is 18.0 Å². The Morgan fingerprint density at radius 2 is 1.74 bits per heavy atom. The molecule has 2 aromatic carbocycles. The highest BCUT2D eigenvalue weighted by Crippen LogP contribution is 2.33. The lowest BCUT2D eigenvalue weighted by molar-refractivity contribution is -0.138. The van der Waals surface area contributed by atoms with Gasteiger partial charge < -0.3 is 10.4 Å². The fourth-order valence-electron chi connectivity index (χ4n) is 3.51. The van der Waals surface area contributed by atoms with Gasteiger partial charge in [0.05, 0.1) is 24.7 Å². The van der Waals surface area contributed by atoms with Crippen LogP contribution in [0.5, 0.6) is 0 Å². The minimum Gasteiger partial charge on any atom is -0.465 e. The number of nitrogens with one attached hydrogen (secondary N) is 1. The van der Waals surface area contributed by atoms with Crippen molar-refractivity contribution in [3.05, 3.63) is 102 Å². The molecule has 12 heteroatoms. The number of carbonyl (C=O) groups is 1. The van der Waals surface area contributed by atoms with E-state index in [0.717, 1.165) is 16.7 Å². The second kappa shape index (κ2) is 9.84. The molecule has 7 nitrogen and oxygen atoms in total. The SMILES string of the molecule is Cc1c(Br)c(=O)n(C[C@H](NC(=O)O)c2ccccc2)c(=O)n1Cc1c(F)cccc1C(F)(F)F. The minimum absolute atomic E-state index is 0.00918. The molecule has 0 radical (unpaired) electrons. The van der Waals surface area contributed by atoms with Crippen molar-refractivity contribution in [2.24, 2.45) is 0 Å². The Labute approximate surface area is 198 Å².